The summed E-state index contributed by atoms with van der Waals surface area (Å²) in [5.41, 5.74) is -0.933. The van der Waals surface area contributed by atoms with E-state index in [0.717, 1.165) is 0 Å². The molecule has 2 heterocycles. The first-order valence-corrected chi connectivity index (χ1v) is 6.09. The molecule has 19 heavy (non-hydrogen) atoms. The number of hydrogen-bond donors (Lipinski definition) is 1. The van der Waals surface area contributed by atoms with Crippen LogP contribution < -0.4 is 5.32 Å². The molecular weight excluding hydrogens is 252 g/mol. The minimum Gasteiger partial charge on any atom is -0.335 e. The van der Waals surface area contributed by atoms with Gasteiger partial charge in [0.05, 0.1) is 5.56 Å². The molecule has 0 spiro atoms. The minimum atomic E-state index is -1.65. The van der Waals surface area contributed by atoms with Gasteiger partial charge in [0.1, 0.15) is 5.82 Å². The second-order valence-electron chi connectivity index (χ2n) is 4.75. The van der Waals surface area contributed by atoms with Gasteiger partial charge in [-0.05, 0) is 25.1 Å². The van der Waals surface area contributed by atoms with Crippen molar-refractivity contribution >= 4 is 0 Å². The van der Waals surface area contributed by atoms with Crippen molar-refractivity contribution in [3.63, 3.8) is 0 Å². The summed E-state index contributed by atoms with van der Waals surface area (Å²) in [6, 6.07) is 4.90. The van der Waals surface area contributed by atoms with Gasteiger partial charge in [0.15, 0.2) is 0 Å². The highest BCUT2D eigenvalue weighted by atomic mass is 19.1. The van der Waals surface area contributed by atoms with Crippen LogP contribution in [0.5, 0.6) is 0 Å². The van der Waals surface area contributed by atoms with E-state index in [9.17, 15) is 8.78 Å². The van der Waals surface area contributed by atoms with Crippen LogP contribution in [-0.2, 0) is 5.67 Å². The number of rotatable bonds is 2. The van der Waals surface area contributed by atoms with Crippen LogP contribution in [0.3, 0.4) is 0 Å². The number of nitrogens with one attached hydrogen (secondary N) is 1. The van der Waals surface area contributed by atoms with Crippen LogP contribution in [0.25, 0.3) is 11.4 Å². The van der Waals surface area contributed by atoms with E-state index < -0.39 is 11.5 Å². The summed E-state index contributed by atoms with van der Waals surface area (Å²) in [4.78, 5) is 4.00. The Morgan fingerprint density at radius 2 is 2.26 bits per heavy atom. The standard InChI is InChI=1S/C13H13F2N3O/c1-8-3-2-4-9(10(8)14)11-17-12(19-18-11)13(15)5-6-16-7-13/h2-4,16H,5-7H2,1H3. The van der Waals surface area contributed by atoms with E-state index in [1.54, 1.807) is 25.1 Å². The maximum atomic E-state index is 14.4. The van der Waals surface area contributed by atoms with Gasteiger partial charge in [0.2, 0.25) is 11.5 Å². The van der Waals surface area contributed by atoms with Crippen LogP contribution in [0.15, 0.2) is 22.7 Å². The van der Waals surface area contributed by atoms with Crippen LogP contribution >= 0.6 is 0 Å². The third kappa shape index (κ3) is 2.02. The molecule has 1 fully saturated rings. The lowest BCUT2D eigenvalue weighted by atomic mass is 10.1. The smallest absolute Gasteiger partial charge is 0.266 e. The van der Waals surface area contributed by atoms with E-state index in [1.165, 1.54) is 0 Å². The van der Waals surface area contributed by atoms with Crippen LogP contribution in [0.2, 0.25) is 0 Å². The lowest BCUT2D eigenvalue weighted by molar-refractivity contribution is 0.134. The summed E-state index contributed by atoms with van der Waals surface area (Å²) in [7, 11) is 0. The van der Waals surface area contributed by atoms with Gasteiger partial charge in [-0.25, -0.2) is 8.78 Å². The fourth-order valence-corrected chi connectivity index (χ4v) is 2.18. The summed E-state index contributed by atoms with van der Waals surface area (Å²) in [6.45, 7) is 2.36. The third-order valence-electron chi connectivity index (χ3n) is 3.35. The molecule has 3 rings (SSSR count). The Morgan fingerprint density at radius 3 is 3.00 bits per heavy atom. The molecule has 0 amide bonds. The van der Waals surface area contributed by atoms with Crippen LogP contribution in [0, 0.1) is 12.7 Å². The summed E-state index contributed by atoms with van der Waals surface area (Å²) < 4.78 is 33.3. The Morgan fingerprint density at radius 1 is 1.42 bits per heavy atom. The van der Waals surface area contributed by atoms with Gasteiger partial charge in [0.25, 0.3) is 5.89 Å². The molecule has 1 unspecified atom stereocenters. The summed E-state index contributed by atoms with van der Waals surface area (Å²) in [6.07, 6.45) is 0.283. The molecule has 1 aliphatic rings. The largest absolute Gasteiger partial charge is 0.335 e. The van der Waals surface area contributed by atoms with Crippen LogP contribution in [0.4, 0.5) is 8.78 Å². The van der Waals surface area contributed by atoms with Crippen LogP contribution in [-0.4, -0.2) is 23.2 Å². The average Bonchev–Trinajstić information content (AvgIpc) is 3.02. The number of aromatic nitrogens is 2. The van der Waals surface area contributed by atoms with Crippen LogP contribution in [0.1, 0.15) is 17.9 Å². The molecule has 100 valence electrons. The fraction of sp³-hybridized carbons (Fsp3) is 0.385. The van der Waals surface area contributed by atoms with Crippen molar-refractivity contribution in [3.8, 4) is 11.4 Å². The van der Waals surface area contributed by atoms with Crippen molar-refractivity contribution in [1.82, 2.24) is 15.5 Å². The molecular formula is C13H13F2N3O. The van der Waals surface area contributed by atoms with Gasteiger partial charge in [-0.15, -0.1) is 0 Å². The SMILES string of the molecule is Cc1cccc(-c2noc(C3(F)CCNC3)n2)c1F. The molecule has 1 aliphatic heterocycles. The Labute approximate surface area is 108 Å². The predicted octanol–water partition coefficient (Wildman–Crippen LogP) is 2.34. The topological polar surface area (TPSA) is 51.0 Å². The highest BCUT2D eigenvalue weighted by molar-refractivity contribution is 5.56. The highest BCUT2D eigenvalue weighted by Crippen LogP contribution is 2.32. The number of benzene rings is 1. The van der Waals surface area contributed by atoms with Gasteiger partial charge in [0, 0.05) is 13.0 Å². The van der Waals surface area contributed by atoms with Crippen molar-refractivity contribution in [1.29, 1.82) is 0 Å². The molecule has 1 N–H and O–H groups in total. The molecule has 6 heteroatoms. The van der Waals surface area contributed by atoms with Crippen molar-refractivity contribution in [2.75, 3.05) is 13.1 Å². The summed E-state index contributed by atoms with van der Waals surface area (Å²) in [5.74, 6) is -0.416. The summed E-state index contributed by atoms with van der Waals surface area (Å²) >= 11 is 0. The zero-order chi connectivity index (χ0) is 13.5. The van der Waals surface area contributed by atoms with Gasteiger partial charge in [-0.2, -0.15) is 4.98 Å². The highest BCUT2D eigenvalue weighted by Gasteiger charge is 2.41. The minimum absolute atomic E-state index is 0.0834. The van der Waals surface area contributed by atoms with Crippen molar-refractivity contribution in [2.24, 2.45) is 0 Å². The molecule has 4 nitrogen and oxygen atoms in total. The molecule has 0 aliphatic carbocycles. The first-order valence-electron chi connectivity index (χ1n) is 6.09. The maximum Gasteiger partial charge on any atom is 0.266 e. The van der Waals surface area contributed by atoms with Crippen molar-refractivity contribution in [3.05, 3.63) is 35.5 Å². The van der Waals surface area contributed by atoms with E-state index in [0.29, 0.717) is 12.1 Å². The lowest BCUT2D eigenvalue weighted by Gasteiger charge is -2.11. The van der Waals surface area contributed by atoms with Gasteiger partial charge >= 0.3 is 0 Å². The average molecular weight is 265 g/mol. The molecule has 1 aromatic carbocycles. The van der Waals surface area contributed by atoms with Gasteiger partial charge < -0.3 is 9.84 Å². The molecule has 1 saturated heterocycles. The molecule has 0 saturated carbocycles. The number of alkyl halides is 1. The second kappa shape index (κ2) is 4.38. The van der Waals surface area contributed by atoms with Gasteiger partial charge in [-0.1, -0.05) is 17.3 Å². The van der Waals surface area contributed by atoms with Crippen molar-refractivity contribution < 1.29 is 13.3 Å². The molecule has 1 atom stereocenters. The fourth-order valence-electron chi connectivity index (χ4n) is 2.18. The Bertz CT molecular complexity index is 606. The molecule has 1 aromatic heterocycles. The quantitative estimate of drug-likeness (QED) is 0.905. The maximum absolute atomic E-state index is 14.4. The third-order valence-corrected chi connectivity index (χ3v) is 3.35. The Hall–Kier alpha value is -1.82. The Balaban J connectivity index is 1.99. The van der Waals surface area contributed by atoms with E-state index in [1.807, 2.05) is 0 Å². The lowest BCUT2D eigenvalue weighted by Crippen LogP contribution is -2.23. The molecule has 0 bridgehead atoms. The van der Waals surface area contributed by atoms with E-state index in [4.69, 9.17) is 4.52 Å². The first-order chi connectivity index (χ1) is 9.10. The zero-order valence-corrected chi connectivity index (χ0v) is 10.4. The number of nitrogens with zero attached hydrogens (tertiary/aromatic N) is 2. The normalized spacial score (nSPS) is 22.9. The van der Waals surface area contributed by atoms with E-state index >= 15 is 0 Å². The Kier molecular flexibility index (Phi) is 2.82. The molecule has 2 aromatic rings. The van der Waals surface area contributed by atoms with Gasteiger partial charge in [-0.3, -0.25) is 0 Å². The predicted molar refractivity (Wildman–Crippen MR) is 64.7 cm³/mol. The second-order valence-corrected chi connectivity index (χ2v) is 4.75. The number of halogens is 2. The van der Waals surface area contributed by atoms with Crippen molar-refractivity contribution in [2.45, 2.75) is 19.0 Å². The number of aryl methyl sites for hydroxylation is 1. The first kappa shape index (κ1) is 12.2. The summed E-state index contributed by atoms with van der Waals surface area (Å²) in [5, 5.41) is 6.59. The van der Waals surface area contributed by atoms with E-state index in [-0.39, 0.29) is 30.2 Å². The molecule has 0 radical (unpaired) electrons. The zero-order valence-electron chi connectivity index (χ0n) is 10.4. The number of hydrogen-bond acceptors (Lipinski definition) is 4. The van der Waals surface area contributed by atoms with E-state index in [2.05, 4.69) is 15.5 Å². The monoisotopic (exact) mass is 265 g/mol.